The third-order valence-corrected chi connectivity index (χ3v) is 3.31. The molecule has 1 aromatic rings. The van der Waals surface area contributed by atoms with E-state index >= 15 is 0 Å². The number of benzene rings is 1. The lowest BCUT2D eigenvalue weighted by atomic mass is 9.99. The highest BCUT2D eigenvalue weighted by Crippen LogP contribution is 2.13. The fourth-order valence-corrected chi connectivity index (χ4v) is 2.19. The van der Waals surface area contributed by atoms with Gasteiger partial charge in [-0.05, 0) is 49.6 Å². The van der Waals surface area contributed by atoms with Crippen LogP contribution in [0.1, 0.15) is 24.5 Å². The van der Waals surface area contributed by atoms with Gasteiger partial charge in [0.2, 0.25) is 0 Å². The first-order valence-electron chi connectivity index (χ1n) is 7.22. The fraction of sp³-hybridized carbons (Fsp3) is 0.625. The molecule has 0 radical (unpaired) electrons. The Hall–Kier alpha value is -0.970. The molecule has 0 saturated carbocycles. The summed E-state index contributed by atoms with van der Waals surface area (Å²) in [7, 11) is 1.67. The maximum Gasteiger partial charge on any atom is 0.123 e. The van der Waals surface area contributed by atoms with Crippen molar-refractivity contribution in [1.82, 2.24) is 5.32 Å². The van der Waals surface area contributed by atoms with Gasteiger partial charge in [-0.25, -0.2) is 4.39 Å². The molecule has 114 valence electrons. The Balaban J connectivity index is 2.45. The normalized spacial score (nSPS) is 12.6. The van der Waals surface area contributed by atoms with Crippen molar-refractivity contribution in [2.45, 2.75) is 32.7 Å². The summed E-state index contributed by atoms with van der Waals surface area (Å²) in [6.07, 6.45) is 1.84. The van der Waals surface area contributed by atoms with Gasteiger partial charge in [0.25, 0.3) is 0 Å². The first kappa shape index (κ1) is 17.1. The predicted molar refractivity (Wildman–Crippen MR) is 79.6 cm³/mol. The highest BCUT2D eigenvalue weighted by Gasteiger charge is 2.10. The first-order valence-corrected chi connectivity index (χ1v) is 7.22. The molecule has 0 heterocycles. The van der Waals surface area contributed by atoms with E-state index in [-0.39, 0.29) is 5.82 Å². The largest absolute Gasteiger partial charge is 0.382 e. The molecule has 1 aromatic carbocycles. The quantitative estimate of drug-likeness (QED) is 0.670. The van der Waals surface area contributed by atoms with Crippen LogP contribution in [-0.4, -0.2) is 39.5 Å². The molecule has 0 saturated heterocycles. The zero-order chi connectivity index (χ0) is 14.8. The van der Waals surface area contributed by atoms with E-state index in [1.165, 1.54) is 11.6 Å². The number of methoxy groups -OCH3 is 1. The minimum absolute atomic E-state index is 0.172. The van der Waals surface area contributed by atoms with E-state index in [9.17, 15) is 4.39 Å². The van der Waals surface area contributed by atoms with Crippen LogP contribution >= 0.6 is 0 Å². The molecule has 0 aliphatic rings. The van der Waals surface area contributed by atoms with E-state index in [1.807, 2.05) is 13.0 Å². The highest BCUT2D eigenvalue weighted by molar-refractivity contribution is 5.27. The van der Waals surface area contributed by atoms with Crippen LogP contribution in [0.5, 0.6) is 0 Å². The van der Waals surface area contributed by atoms with Gasteiger partial charge in [-0.1, -0.05) is 13.0 Å². The van der Waals surface area contributed by atoms with Gasteiger partial charge in [-0.2, -0.15) is 0 Å². The van der Waals surface area contributed by atoms with Crippen LogP contribution in [0.15, 0.2) is 18.2 Å². The van der Waals surface area contributed by atoms with E-state index in [4.69, 9.17) is 9.47 Å². The van der Waals surface area contributed by atoms with Crippen LogP contribution in [0.4, 0.5) is 4.39 Å². The summed E-state index contributed by atoms with van der Waals surface area (Å²) in [6, 6.07) is 5.35. The van der Waals surface area contributed by atoms with E-state index < -0.39 is 0 Å². The van der Waals surface area contributed by atoms with Crippen LogP contribution in [0.2, 0.25) is 0 Å². The van der Waals surface area contributed by atoms with Gasteiger partial charge in [0.15, 0.2) is 0 Å². The summed E-state index contributed by atoms with van der Waals surface area (Å²) < 4.78 is 23.6. The molecular formula is C16H26FNO2. The minimum Gasteiger partial charge on any atom is -0.382 e. The van der Waals surface area contributed by atoms with Crippen molar-refractivity contribution < 1.29 is 13.9 Å². The Kier molecular flexibility index (Phi) is 8.42. The number of hydrogen-bond acceptors (Lipinski definition) is 3. The molecule has 0 aromatic heterocycles. The van der Waals surface area contributed by atoms with Crippen molar-refractivity contribution in [3.63, 3.8) is 0 Å². The maximum atomic E-state index is 13.1. The van der Waals surface area contributed by atoms with E-state index in [0.717, 1.165) is 24.9 Å². The van der Waals surface area contributed by atoms with Crippen LogP contribution in [-0.2, 0) is 15.9 Å². The molecule has 0 aliphatic heterocycles. The van der Waals surface area contributed by atoms with Crippen LogP contribution in [0, 0.1) is 12.7 Å². The third kappa shape index (κ3) is 6.46. The summed E-state index contributed by atoms with van der Waals surface area (Å²) in [5.41, 5.74) is 2.20. The molecule has 1 atom stereocenters. The smallest absolute Gasteiger partial charge is 0.123 e. The van der Waals surface area contributed by atoms with Gasteiger partial charge in [-0.3, -0.25) is 0 Å². The van der Waals surface area contributed by atoms with E-state index in [1.54, 1.807) is 13.2 Å². The Morgan fingerprint density at radius 3 is 2.70 bits per heavy atom. The van der Waals surface area contributed by atoms with Crippen LogP contribution in [0.3, 0.4) is 0 Å². The number of ether oxygens (including phenoxy) is 2. The second-order valence-electron chi connectivity index (χ2n) is 4.92. The zero-order valence-corrected chi connectivity index (χ0v) is 12.7. The summed E-state index contributed by atoms with van der Waals surface area (Å²) >= 11 is 0. The monoisotopic (exact) mass is 283 g/mol. The van der Waals surface area contributed by atoms with E-state index in [0.29, 0.717) is 25.9 Å². The summed E-state index contributed by atoms with van der Waals surface area (Å²) in [5.74, 6) is -0.172. The lowest BCUT2D eigenvalue weighted by molar-refractivity contribution is 0.0659. The van der Waals surface area contributed by atoms with Gasteiger partial charge in [-0.15, -0.1) is 0 Å². The molecule has 0 amide bonds. The van der Waals surface area contributed by atoms with Crippen molar-refractivity contribution >= 4 is 0 Å². The number of aryl methyl sites for hydroxylation is 1. The van der Waals surface area contributed by atoms with Crippen LogP contribution < -0.4 is 5.32 Å². The van der Waals surface area contributed by atoms with Gasteiger partial charge in [0.05, 0.1) is 13.2 Å². The Bertz CT molecular complexity index is 385. The number of halogens is 1. The Labute approximate surface area is 121 Å². The molecule has 1 unspecified atom stereocenters. The Morgan fingerprint density at radius 2 is 2.05 bits per heavy atom. The average Bonchev–Trinajstić information content (AvgIpc) is 2.41. The molecular weight excluding hydrogens is 257 g/mol. The summed E-state index contributed by atoms with van der Waals surface area (Å²) in [4.78, 5) is 0. The molecule has 3 nitrogen and oxygen atoms in total. The highest BCUT2D eigenvalue weighted by atomic mass is 19.1. The topological polar surface area (TPSA) is 30.5 Å². The van der Waals surface area contributed by atoms with Crippen molar-refractivity contribution in [2.75, 3.05) is 33.5 Å². The number of nitrogens with one attached hydrogen (secondary N) is 1. The molecule has 1 N–H and O–H groups in total. The molecule has 20 heavy (non-hydrogen) atoms. The molecule has 0 spiro atoms. The first-order chi connectivity index (χ1) is 9.67. The number of rotatable bonds is 10. The van der Waals surface area contributed by atoms with Crippen molar-refractivity contribution in [1.29, 1.82) is 0 Å². The second kappa shape index (κ2) is 9.86. The molecule has 0 aliphatic carbocycles. The van der Waals surface area contributed by atoms with Crippen molar-refractivity contribution in [3.8, 4) is 0 Å². The van der Waals surface area contributed by atoms with Crippen molar-refractivity contribution in [3.05, 3.63) is 35.1 Å². The fourth-order valence-electron chi connectivity index (χ4n) is 2.19. The minimum atomic E-state index is -0.172. The van der Waals surface area contributed by atoms with Gasteiger partial charge in [0, 0.05) is 19.8 Å². The molecule has 1 rings (SSSR count). The van der Waals surface area contributed by atoms with E-state index in [2.05, 4.69) is 12.2 Å². The molecule has 0 bridgehead atoms. The lowest BCUT2D eigenvalue weighted by Crippen LogP contribution is -2.32. The number of likely N-dealkylation sites (N-methyl/N-ethyl adjacent to an activating group) is 1. The average molecular weight is 283 g/mol. The number of hydrogen-bond donors (Lipinski definition) is 1. The summed E-state index contributed by atoms with van der Waals surface area (Å²) in [5, 5.41) is 3.46. The Morgan fingerprint density at radius 1 is 1.25 bits per heavy atom. The predicted octanol–water partition coefficient (Wildman–Crippen LogP) is 2.71. The standard InChI is InChI=1S/C16H26FNO2/c1-4-18-16(7-8-20-10-9-19-3)12-14-5-6-15(17)11-13(14)2/h5-6,11,16,18H,4,7-10,12H2,1-3H3. The molecule has 0 fully saturated rings. The SMILES string of the molecule is CCNC(CCOCCOC)Cc1ccc(F)cc1C. The van der Waals surface area contributed by atoms with Crippen LogP contribution in [0.25, 0.3) is 0 Å². The van der Waals surface area contributed by atoms with Gasteiger partial charge < -0.3 is 14.8 Å². The van der Waals surface area contributed by atoms with Gasteiger partial charge >= 0.3 is 0 Å². The third-order valence-electron chi connectivity index (χ3n) is 3.31. The van der Waals surface area contributed by atoms with Crippen molar-refractivity contribution in [2.24, 2.45) is 0 Å². The maximum absolute atomic E-state index is 13.1. The lowest BCUT2D eigenvalue weighted by Gasteiger charge is -2.19. The summed E-state index contributed by atoms with van der Waals surface area (Å²) in [6.45, 7) is 6.94. The second-order valence-corrected chi connectivity index (χ2v) is 4.92. The van der Waals surface area contributed by atoms with Gasteiger partial charge in [0.1, 0.15) is 5.82 Å². The zero-order valence-electron chi connectivity index (χ0n) is 12.7. The molecule has 4 heteroatoms.